The molecule has 0 N–H and O–H groups in total. The smallest absolute Gasteiger partial charge is 0.164 e. The summed E-state index contributed by atoms with van der Waals surface area (Å²) in [6, 6.07) is 49.2. The largest absolute Gasteiger partial charge is 0.455 e. The van der Waals surface area contributed by atoms with Crippen LogP contribution in [-0.4, -0.2) is 23.0 Å². The maximum atomic E-state index is 6.77. The van der Waals surface area contributed by atoms with Crippen molar-refractivity contribution in [2.75, 3.05) is 0 Å². The fourth-order valence-electron chi connectivity index (χ4n) is 7.72. The average Bonchev–Trinajstić information content (AvgIpc) is 3.64. The predicted octanol–water partition coefficient (Wildman–Crippen LogP) is 9.88. The molecule has 2 aromatic heterocycles. The first-order chi connectivity index (χ1) is 23.5. The van der Waals surface area contributed by atoms with E-state index in [1.54, 1.807) is 0 Å². The van der Waals surface area contributed by atoms with Crippen molar-refractivity contribution >= 4 is 61.9 Å². The van der Waals surface area contributed by atoms with Crippen molar-refractivity contribution in [3.8, 4) is 45.3 Å². The van der Waals surface area contributed by atoms with Gasteiger partial charge in [-0.1, -0.05) is 134 Å². The van der Waals surface area contributed by atoms with Crippen molar-refractivity contribution < 1.29 is 4.42 Å². The molecule has 0 saturated heterocycles. The van der Waals surface area contributed by atoms with E-state index in [1.165, 1.54) is 37.7 Å². The molecule has 48 heavy (non-hydrogen) atoms. The van der Waals surface area contributed by atoms with Gasteiger partial charge in [0.25, 0.3) is 0 Å². The van der Waals surface area contributed by atoms with Crippen LogP contribution >= 0.6 is 0 Å². The lowest BCUT2D eigenvalue weighted by atomic mass is 9.98. The lowest BCUT2D eigenvalue weighted by molar-refractivity contribution is 0.670. The second kappa shape index (κ2) is 10.0. The molecule has 0 fully saturated rings. The Labute approximate surface area is 278 Å². The van der Waals surface area contributed by atoms with Crippen LogP contribution in [0.3, 0.4) is 0 Å². The van der Waals surface area contributed by atoms with Gasteiger partial charge in [-0.05, 0) is 55.7 Å². The van der Waals surface area contributed by atoms with Gasteiger partial charge in [0.2, 0.25) is 0 Å². The topological polar surface area (TPSA) is 51.8 Å². The van der Waals surface area contributed by atoms with Gasteiger partial charge in [0, 0.05) is 33.0 Å². The number of para-hydroxylation sites is 1. The lowest BCUT2D eigenvalue weighted by Gasteiger charge is -2.19. The summed E-state index contributed by atoms with van der Waals surface area (Å²) in [6.45, 7) is 4.87. The third-order valence-corrected chi connectivity index (χ3v) is 13.6. The van der Waals surface area contributed by atoms with Gasteiger partial charge in [-0.25, -0.2) is 15.0 Å². The van der Waals surface area contributed by atoms with Crippen molar-refractivity contribution in [1.82, 2.24) is 15.0 Å². The van der Waals surface area contributed by atoms with Gasteiger partial charge in [-0.15, -0.1) is 0 Å². The molecule has 9 aromatic rings. The minimum absolute atomic E-state index is 0.648. The highest BCUT2D eigenvalue weighted by Gasteiger charge is 2.40. The summed E-state index contributed by atoms with van der Waals surface area (Å²) in [5.74, 6) is 1.95. The molecule has 226 valence electrons. The molecule has 0 atom stereocenters. The van der Waals surface area contributed by atoms with Crippen LogP contribution in [0.15, 0.2) is 144 Å². The van der Waals surface area contributed by atoms with E-state index in [1.807, 2.05) is 24.3 Å². The first kappa shape index (κ1) is 27.2. The molecule has 4 nitrogen and oxygen atoms in total. The fourth-order valence-corrected chi connectivity index (χ4v) is 10.8. The summed E-state index contributed by atoms with van der Waals surface area (Å²) in [6.07, 6.45) is 0. The zero-order valence-electron chi connectivity index (χ0n) is 26.5. The van der Waals surface area contributed by atoms with Gasteiger partial charge in [0.05, 0.1) is 0 Å². The van der Waals surface area contributed by atoms with E-state index in [0.29, 0.717) is 17.5 Å². The molecule has 10 rings (SSSR count). The molecule has 1 aliphatic rings. The summed E-state index contributed by atoms with van der Waals surface area (Å²) in [7, 11) is -2.05. The van der Waals surface area contributed by atoms with Crippen molar-refractivity contribution in [2.24, 2.45) is 0 Å². The molecule has 0 unspecified atom stereocenters. The van der Waals surface area contributed by atoms with E-state index in [0.717, 1.165) is 44.0 Å². The van der Waals surface area contributed by atoms with Crippen LogP contribution in [0.1, 0.15) is 0 Å². The maximum absolute atomic E-state index is 6.77. The molecule has 0 bridgehead atoms. The fraction of sp³-hybridized carbons (Fsp3) is 0.0465. The highest BCUT2D eigenvalue weighted by Crippen LogP contribution is 2.43. The molecule has 1 aliphatic heterocycles. The third kappa shape index (κ3) is 3.91. The highest BCUT2D eigenvalue weighted by atomic mass is 28.3. The molecule has 7 aromatic carbocycles. The van der Waals surface area contributed by atoms with E-state index in [-0.39, 0.29) is 0 Å². The summed E-state index contributed by atoms with van der Waals surface area (Å²) < 4.78 is 6.77. The zero-order chi connectivity index (χ0) is 32.0. The molecule has 3 heterocycles. The van der Waals surface area contributed by atoms with Crippen molar-refractivity contribution in [2.45, 2.75) is 13.1 Å². The minimum atomic E-state index is -2.05. The van der Waals surface area contributed by atoms with Crippen LogP contribution in [0.25, 0.3) is 88.8 Å². The van der Waals surface area contributed by atoms with Gasteiger partial charge in [-0.2, -0.15) is 0 Å². The second-order valence-corrected chi connectivity index (χ2v) is 17.5. The Morgan fingerprint density at radius 1 is 0.479 bits per heavy atom. The van der Waals surface area contributed by atoms with Gasteiger partial charge in [0.15, 0.2) is 17.5 Å². The van der Waals surface area contributed by atoms with Gasteiger partial charge in [-0.3, -0.25) is 0 Å². The summed E-state index contributed by atoms with van der Waals surface area (Å²) in [5, 5.41) is 9.74. The quantitative estimate of drug-likeness (QED) is 0.144. The summed E-state index contributed by atoms with van der Waals surface area (Å²) in [5.41, 5.74) is 7.16. The SMILES string of the molecule is C[Si]1(C)c2ccccc2-c2c1cc(-c1nc(-c3ccccc3)nc(-c3ccc4c(ccc5ccccc54)c3)n1)c1c2oc2ccccc21. The molecule has 0 aliphatic carbocycles. The van der Waals surface area contributed by atoms with Gasteiger partial charge >= 0.3 is 0 Å². The van der Waals surface area contributed by atoms with E-state index in [9.17, 15) is 0 Å². The van der Waals surface area contributed by atoms with E-state index in [4.69, 9.17) is 19.4 Å². The van der Waals surface area contributed by atoms with Crippen LogP contribution in [0.5, 0.6) is 0 Å². The number of hydrogen-bond acceptors (Lipinski definition) is 4. The first-order valence-corrected chi connectivity index (χ1v) is 19.4. The lowest BCUT2D eigenvalue weighted by Crippen LogP contribution is -2.49. The van der Waals surface area contributed by atoms with Crippen LogP contribution in [0.2, 0.25) is 13.1 Å². The Balaban J connectivity index is 1.27. The van der Waals surface area contributed by atoms with Gasteiger partial charge in [0.1, 0.15) is 19.2 Å². The van der Waals surface area contributed by atoms with E-state index >= 15 is 0 Å². The van der Waals surface area contributed by atoms with Crippen LogP contribution in [-0.2, 0) is 0 Å². The highest BCUT2D eigenvalue weighted by molar-refractivity contribution is 7.04. The molecule has 0 amide bonds. The molecule has 0 saturated carbocycles. The van der Waals surface area contributed by atoms with E-state index in [2.05, 4.69) is 128 Å². The third-order valence-electron chi connectivity index (χ3n) is 10.1. The molecular formula is C43H29N3OSi. The number of furan rings is 1. The van der Waals surface area contributed by atoms with Crippen LogP contribution < -0.4 is 10.4 Å². The predicted molar refractivity (Wildman–Crippen MR) is 201 cm³/mol. The Morgan fingerprint density at radius 2 is 1.15 bits per heavy atom. The molecular weight excluding hydrogens is 603 g/mol. The van der Waals surface area contributed by atoms with Crippen LogP contribution in [0, 0.1) is 0 Å². The minimum Gasteiger partial charge on any atom is -0.455 e. The number of hydrogen-bond donors (Lipinski definition) is 0. The van der Waals surface area contributed by atoms with Crippen LogP contribution in [0.4, 0.5) is 0 Å². The Bertz CT molecular complexity index is 2770. The summed E-state index contributed by atoms with van der Waals surface area (Å²) in [4.78, 5) is 15.6. The molecule has 5 heteroatoms. The molecule has 0 spiro atoms. The number of benzene rings is 7. The number of rotatable bonds is 3. The Morgan fingerprint density at radius 3 is 2.02 bits per heavy atom. The number of nitrogens with zero attached hydrogens (tertiary/aromatic N) is 3. The van der Waals surface area contributed by atoms with Crippen molar-refractivity contribution in [3.05, 3.63) is 140 Å². The van der Waals surface area contributed by atoms with Crippen molar-refractivity contribution in [3.63, 3.8) is 0 Å². The van der Waals surface area contributed by atoms with Gasteiger partial charge < -0.3 is 4.42 Å². The average molecular weight is 632 g/mol. The second-order valence-electron chi connectivity index (χ2n) is 13.2. The monoisotopic (exact) mass is 631 g/mol. The molecule has 0 radical (unpaired) electrons. The normalized spacial score (nSPS) is 13.4. The van der Waals surface area contributed by atoms with Crippen molar-refractivity contribution in [1.29, 1.82) is 0 Å². The first-order valence-electron chi connectivity index (χ1n) is 16.4. The number of aromatic nitrogens is 3. The number of fused-ring (bicyclic) bond motifs is 10. The van der Waals surface area contributed by atoms with E-state index < -0.39 is 8.07 Å². The Hall–Kier alpha value is -5.91. The Kier molecular flexibility index (Phi) is 5.70. The standard InChI is InChI=1S/C43H29N3OSi/c1-48(2)36-19-11-9-17-33(36)39-37(48)25-34(38-32-16-8-10-18-35(32)47-40(38)39)43-45-41(27-13-4-3-5-14-27)44-42(46-43)29-22-23-31-28(24-29)21-20-26-12-6-7-15-30(26)31/h3-25H,1-2H3. The maximum Gasteiger partial charge on any atom is 0.164 e. The zero-order valence-corrected chi connectivity index (χ0v) is 27.5. The summed E-state index contributed by atoms with van der Waals surface area (Å²) >= 11 is 0.